The normalized spacial score (nSPS) is 21.4. The summed E-state index contributed by atoms with van der Waals surface area (Å²) in [5.74, 6) is -0.751. The molecule has 1 rings (SSSR count). The number of hydrogen-bond donors (Lipinski definition) is 8. The molecule has 0 aliphatic carbocycles. The van der Waals surface area contributed by atoms with Crippen LogP contribution >= 0.6 is 0 Å². The molecule has 0 spiro atoms. The van der Waals surface area contributed by atoms with Gasteiger partial charge in [0.05, 0.1) is 25.4 Å². The molecular weight excluding hydrogens is 811 g/mol. The zero-order valence-corrected chi connectivity index (χ0v) is 40.5. The van der Waals surface area contributed by atoms with Crippen LogP contribution in [0.3, 0.4) is 0 Å². The van der Waals surface area contributed by atoms with Gasteiger partial charge in [-0.1, -0.05) is 178 Å². The smallest absolute Gasteiger partial charge is 0.249 e. The predicted molar refractivity (Wildman–Crippen MR) is 261 cm³/mol. The molecule has 374 valence electrons. The SMILES string of the molecule is CCCCCC/C=C\CCC(O)C(=O)NC(COC1OC(CO)C(O)C(O)C1O)C(O)C(O)CCC/C=C/CC/C=C/CC/C=C/CCCCCCCCCCCCCCCCCC. The molecule has 0 aromatic carbocycles. The molecule has 1 saturated heterocycles. The van der Waals surface area contributed by atoms with Gasteiger partial charge in [-0.3, -0.25) is 4.79 Å². The van der Waals surface area contributed by atoms with Crippen molar-refractivity contribution in [2.75, 3.05) is 13.2 Å². The second-order valence-electron chi connectivity index (χ2n) is 18.2. The van der Waals surface area contributed by atoms with Crippen LogP contribution in [0, 0.1) is 0 Å². The quantitative estimate of drug-likeness (QED) is 0.0216. The number of nitrogens with one attached hydrogen (secondary N) is 1. The fourth-order valence-corrected chi connectivity index (χ4v) is 8.00. The number of unbranched alkanes of at least 4 members (excludes halogenated alkanes) is 23. The molecule has 8 N–H and O–H groups in total. The van der Waals surface area contributed by atoms with Gasteiger partial charge in [0.25, 0.3) is 0 Å². The van der Waals surface area contributed by atoms with E-state index in [-0.39, 0.29) is 12.8 Å². The third-order valence-corrected chi connectivity index (χ3v) is 12.3. The number of amides is 1. The van der Waals surface area contributed by atoms with Gasteiger partial charge >= 0.3 is 0 Å². The number of rotatable bonds is 43. The third kappa shape index (κ3) is 31.1. The topological polar surface area (TPSA) is 189 Å². The fourth-order valence-electron chi connectivity index (χ4n) is 8.00. The van der Waals surface area contributed by atoms with Gasteiger partial charge in [0, 0.05) is 0 Å². The van der Waals surface area contributed by atoms with Crippen LogP contribution in [0.25, 0.3) is 0 Å². The number of carbonyl (C=O) groups excluding carboxylic acids is 1. The van der Waals surface area contributed by atoms with E-state index >= 15 is 0 Å². The number of allylic oxidation sites excluding steroid dienone is 8. The number of hydrogen-bond acceptors (Lipinski definition) is 10. The maximum Gasteiger partial charge on any atom is 0.249 e. The van der Waals surface area contributed by atoms with Crippen LogP contribution in [0.1, 0.15) is 213 Å². The van der Waals surface area contributed by atoms with E-state index in [2.05, 4.69) is 55.6 Å². The molecule has 0 aromatic heterocycles. The van der Waals surface area contributed by atoms with E-state index in [9.17, 15) is 40.5 Å². The Morgan fingerprint density at radius 3 is 1.41 bits per heavy atom. The number of carbonyl (C=O) groups is 1. The Morgan fingerprint density at radius 2 is 0.938 bits per heavy atom. The van der Waals surface area contributed by atoms with Crippen molar-refractivity contribution >= 4 is 5.91 Å². The second kappa shape index (κ2) is 42.4. The summed E-state index contributed by atoms with van der Waals surface area (Å²) in [6.07, 6.45) is 40.8. The highest BCUT2D eigenvalue weighted by molar-refractivity contribution is 5.80. The van der Waals surface area contributed by atoms with E-state index < -0.39 is 74.2 Å². The van der Waals surface area contributed by atoms with E-state index in [1.807, 2.05) is 12.2 Å². The lowest BCUT2D eigenvalue weighted by Crippen LogP contribution is -2.60. The first-order valence-corrected chi connectivity index (χ1v) is 26.0. The molecular formula is C53H97NO10. The van der Waals surface area contributed by atoms with Gasteiger partial charge in [-0.25, -0.2) is 0 Å². The van der Waals surface area contributed by atoms with Gasteiger partial charge in [0.2, 0.25) is 5.91 Å². The van der Waals surface area contributed by atoms with Crippen molar-refractivity contribution in [3.05, 3.63) is 48.6 Å². The summed E-state index contributed by atoms with van der Waals surface area (Å²) in [5, 5.41) is 75.4. The molecule has 0 radical (unpaired) electrons. The molecule has 0 saturated carbocycles. The molecule has 11 nitrogen and oxygen atoms in total. The Kier molecular flexibility index (Phi) is 39.8. The fraction of sp³-hybridized carbons (Fsp3) is 0.830. The zero-order chi connectivity index (χ0) is 46.9. The Bertz CT molecular complexity index is 1180. The molecule has 0 bridgehead atoms. The van der Waals surface area contributed by atoms with Crippen LogP contribution in [0.4, 0.5) is 0 Å². The summed E-state index contributed by atoms with van der Waals surface area (Å²) in [6, 6.07) is -1.21. The Balaban J connectivity index is 2.30. The van der Waals surface area contributed by atoms with E-state index in [1.165, 1.54) is 128 Å². The van der Waals surface area contributed by atoms with Crippen molar-refractivity contribution in [1.82, 2.24) is 5.32 Å². The largest absolute Gasteiger partial charge is 0.394 e. The molecule has 64 heavy (non-hydrogen) atoms. The molecule has 1 amide bonds. The van der Waals surface area contributed by atoms with Crippen LogP contribution in [0.15, 0.2) is 48.6 Å². The minimum Gasteiger partial charge on any atom is -0.394 e. The Morgan fingerprint density at radius 1 is 0.531 bits per heavy atom. The van der Waals surface area contributed by atoms with Gasteiger partial charge in [0.15, 0.2) is 6.29 Å². The highest BCUT2D eigenvalue weighted by Gasteiger charge is 2.44. The zero-order valence-electron chi connectivity index (χ0n) is 40.5. The molecule has 0 aromatic rings. The van der Waals surface area contributed by atoms with Crippen LogP contribution in [0.5, 0.6) is 0 Å². The predicted octanol–water partition coefficient (Wildman–Crippen LogP) is 9.73. The summed E-state index contributed by atoms with van der Waals surface area (Å²) in [6.45, 7) is 3.34. The Labute approximate surface area is 389 Å². The van der Waals surface area contributed by atoms with Crippen molar-refractivity contribution in [1.29, 1.82) is 0 Å². The van der Waals surface area contributed by atoms with Crippen LogP contribution in [-0.2, 0) is 14.3 Å². The monoisotopic (exact) mass is 908 g/mol. The van der Waals surface area contributed by atoms with E-state index in [4.69, 9.17) is 9.47 Å². The highest BCUT2D eigenvalue weighted by atomic mass is 16.7. The van der Waals surface area contributed by atoms with Gasteiger partial charge in [-0.15, -0.1) is 0 Å². The van der Waals surface area contributed by atoms with Gasteiger partial charge in [-0.2, -0.15) is 0 Å². The number of aliphatic hydroxyl groups excluding tert-OH is 7. The number of ether oxygens (including phenoxy) is 2. The van der Waals surface area contributed by atoms with E-state index in [0.717, 1.165) is 38.5 Å². The van der Waals surface area contributed by atoms with Gasteiger partial charge in [-0.05, 0) is 83.5 Å². The summed E-state index contributed by atoms with van der Waals surface area (Å²) in [4.78, 5) is 13.0. The molecule has 1 fully saturated rings. The molecule has 1 aliphatic heterocycles. The molecule has 1 heterocycles. The first kappa shape index (κ1) is 60.1. The molecule has 9 atom stereocenters. The summed E-state index contributed by atoms with van der Waals surface area (Å²) in [5.41, 5.74) is 0. The maximum absolute atomic E-state index is 13.0. The van der Waals surface area contributed by atoms with E-state index in [1.54, 1.807) is 0 Å². The van der Waals surface area contributed by atoms with Crippen molar-refractivity contribution in [3.63, 3.8) is 0 Å². The van der Waals surface area contributed by atoms with E-state index in [0.29, 0.717) is 19.3 Å². The maximum atomic E-state index is 13.0. The minimum atomic E-state index is -1.68. The average Bonchev–Trinajstić information content (AvgIpc) is 3.29. The number of aliphatic hydroxyl groups is 7. The van der Waals surface area contributed by atoms with Crippen molar-refractivity contribution < 1.29 is 50.0 Å². The first-order valence-electron chi connectivity index (χ1n) is 26.0. The van der Waals surface area contributed by atoms with Gasteiger partial charge in [0.1, 0.15) is 36.6 Å². The van der Waals surface area contributed by atoms with Crippen LogP contribution in [-0.4, -0.2) is 110 Å². The molecule has 9 unspecified atom stereocenters. The lowest BCUT2D eigenvalue weighted by Gasteiger charge is -2.40. The lowest BCUT2D eigenvalue weighted by atomic mass is 9.99. The van der Waals surface area contributed by atoms with Crippen molar-refractivity contribution in [3.8, 4) is 0 Å². The van der Waals surface area contributed by atoms with Crippen molar-refractivity contribution in [2.24, 2.45) is 0 Å². The highest BCUT2D eigenvalue weighted by Crippen LogP contribution is 2.23. The summed E-state index contributed by atoms with van der Waals surface area (Å²) in [7, 11) is 0. The van der Waals surface area contributed by atoms with Crippen LogP contribution < -0.4 is 5.32 Å². The molecule has 11 heteroatoms. The summed E-state index contributed by atoms with van der Waals surface area (Å²) < 4.78 is 11.0. The van der Waals surface area contributed by atoms with Crippen molar-refractivity contribution in [2.45, 2.75) is 268 Å². The minimum absolute atomic E-state index is 0.162. The van der Waals surface area contributed by atoms with Crippen LogP contribution in [0.2, 0.25) is 0 Å². The second-order valence-corrected chi connectivity index (χ2v) is 18.2. The third-order valence-electron chi connectivity index (χ3n) is 12.3. The average molecular weight is 908 g/mol. The first-order chi connectivity index (χ1) is 31.2. The van der Waals surface area contributed by atoms with Gasteiger partial charge < -0.3 is 50.5 Å². The lowest BCUT2D eigenvalue weighted by molar-refractivity contribution is -0.303. The Hall–Kier alpha value is -1.93. The molecule has 1 aliphatic rings. The summed E-state index contributed by atoms with van der Waals surface area (Å²) >= 11 is 0. The standard InChI is InChI=1S/C53H97NO10/c1-3-5-7-9-11-13-14-15-16-17-18-19-20-21-22-23-24-25-26-27-28-29-30-31-32-33-35-36-38-40-45(56)48(58)44(43-63-53-51(61)50(60)49(59)47(42-55)64-53)54-52(62)46(57)41-39-37-34-12-10-8-6-4-2/h25-26,29-30,33-35,37,44-51,53,55-61H,3-24,27-28,31-32,36,38-43H2,1-2H3,(H,54,62)/b26-25+,30-29+,35-33+,37-34-.